The molecule has 0 spiro atoms. The monoisotopic (exact) mass is 191 g/mol. The van der Waals surface area contributed by atoms with Crippen LogP contribution in [0.15, 0.2) is 0 Å². The molecule has 0 bridgehead atoms. The van der Waals surface area contributed by atoms with Crippen LogP contribution in [0.25, 0.3) is 0 Å². The van der Waals surface area contributed by atoms with Crippen molar-refractivity contribution in [1.82, 2.24) is 0 Å². The molecule has 7 heteroatoms. The Hall–Kier alpha value is 0.380. The van der Waals surface area contributed by atoms with E-state index in [2.05, 4.69) is 9.92 Å². The molecule has 0 rings (SSSR count). The third-order valence-electron chi connectivity index (χ3n) is 0.689. The van der Waals surface area contributed by atoms with Crippen molar-refractivity contribution in [3.8, 4) is 0 Å². The van der Waals surface area contributed by atoms with Gasteiger partial charge in [0, 0.05) is 0 Å². The molecule has 11 heavy (non-hydrogen) atoms. The second kappa shape index (κ2) is 5.96. The number of nitrogens with two attached hydrogens (primary N) is 1. The van der Waals surface area contributed by atoms with Gasteiger partial charge in [-0.25, -0.2) is 0 Å². The fourth-order valence-corrected chi connectivity index (χ4v) is 0.753. The summed E-state index contributed by atoms with van der Waals surface area (Å²) in [5, 5.41) is -1.44. The van der Waals surface area contributed by atoms with Crippen LogP contribution < -0.4 is 35.3 Å². The Morgan fingerprint density at radius 1 is 1.64 bits per heavy atom. The van der Waals surface area contributed by atoms with E-state index < -0.39 is 15.4 Å². The first-order valence-electron chi connectivity index (χ1n) is 2.69. The van der Waals surface area contributed by atoms with E-state index in [-0.39, 0.29) is 37.6 Å². The van der Waals surface area contributed by atoms with Crippen molar-refractivity contribution in [2.24, 2.45) is 5.73 Å². The van der Waals surface area contributed by atoms with Crippen molar-refractivity contribution in [3.63, 3.8) is 0 Å². The van der Waals surface area contributed by atoms with Gasteiger partial charge in [0.2, 0.25) is 0 Å². The number of amides is 1. The van der Waals surface area contributed by atoms with E-state index in [4.69, 9.17) is 0 Å². The quantitative estimate of drug-likeness (QED) is 0.379. The number of carbonyl (C=O) groups is 1. The molecule has 0 aliphatic rings. The number of hydrogen-bond donors (Lipinski definition) is 1. The van der Waals surface area contributed by atoms with Crippen LogP contribution in [0.2, 0.25) is 0 Å². The number of hydrogen-bond acceptors (Lipinski definition) is 4. The zero-order chi connectivity index (χ0) is 8.20. The summed E-state index contributed by atoms with van der Waals surface area (Å²) >= 11 is 0. The van der Waals surface area contributed by atoms with Crippen molar-refractivity contribution >= 4 is 15.4 Å². The van der Waals surface area contributed by atoms with Crippen molar-refractivity contribution in [2.45, 2.75) is 13.3 Å². The second-order valence-electron chi connectivity index (χ2n) is 1.60. The van der Waals surface area contributed by atoms with E-state index in [1.807, 2.05) is 0 Å². The van der Waals surface area contributed by atoms with E-state index >= 15 is 0 Å². The van der Waals surface area contributed by atoms with Gasteiger partial charge in [-0.15, -0.1) is 0 Å². The summed E-state index contributed by atoms with van der Waals surface area (Å²) in [5.74, 6) is 0. The smallest absolute Gasteiger partial charge is 1.00 e. The van der Waals surface area contributed by atoms with E-state index in [9.17, 15) is 13.2 Å². The second-order valence-corrected chi connectivity index (χ2v) is 3.14. The molecule has 0 aliphatic carbocycles. The van der Waals surface area contributed by atoms with Gasteiger partial charge in [-0.1, -0.05) is 6.92 Å². The first-order valence-corrected chi connectivity index (χ1v) is 4.10. The van der Waals surface area contributed by atoms with Crippen molar-refractivity contribution in [3.05, 3.63) is 0 Å². The maximum Gasteiger partial charge on any atom is 1.00 e. The van der Waals surface area contributed by atoms with Crippen LogP contribution in [0.4, 0.5) is 4.79 Å². The molecule has 0 radical (unpaired) electrons. The van der Waals surface area contributed by atoms with E-state index in [1.54, 1.807) is 6.92 Å². The molecule has 0 saturated carbocycles. The van der Waals surface area contributed by atoms with Gasteiger partial charge in [0.25, 0.3) is 0 Å². The zero-order valence-electron chi connectivity index (χ0n) is 7.53. The molecule has 1 amide bonds. The minimum Gasteiger partial charge on any atom is -1.00 e. The van der Waals surface area contributed by atoms with Gasteiger partial charge in [0.1, 0.15) is 0 Å². The van der Waals surface area contributed by atoms with Crippen LogP contribution in [0.1, 0.15) is 14.8 Å². The summed E-state index contributed by atoms with van der Waals surface area (Å²) in [6.07, 6.45) is 0.520. The number of rotatable bonds is 3. The van der Waals surface area contributed by atoms with E-state index in [0.29, 0.717) is 6.42 Å². The van der Waals surface area contributed by atoms with E-state index in [0.717, 1.165) is 0 Å². The minimum absolute atomic E-state index is 0. The van der Waals surface area contributed by atoms with Crippen LogP contribution in [-0.4, -0.2) is 20.3 Å². The third-order valence-corrected chi connectivity index (χ3v) is 1.66. The molecule has 0 aromatic heterocycles. The largest absolute Gasteiger partial charge is 1.00 e. The average Bonchev–Trinajstić information content (AvgIpc) is 1.84. The van der Waals surface area contributed by atoms with Crippen LogP contribution in [-0.2, 0) is 14.3 Å². The first kappa shape index (κ1) is 13.9. The van der Waals surface area contributed by atoms with Crippen LogP contribution in [0.5, 0.6) is 0 Å². The van der Waals surface area contributed by atoms with Crippen LogP contribution >= 0.6 is 0 Å². The minimum atomic E-state index is -4.12. The van der Waals surface area contributed by atoms with Crippen molar-refractivity contribution in [1.29, 1.82) is 0 Å². The van der Waals surface area contributed by atoms with Gasteiger partial charge in [-0.05, 0) is 6.42 Å². The maximum absolute atomic E-state index is 10.4. The molecule has 0 unspecified atom stereocenters. The Morgan fingerprint density at radius 3 is 2.36 bits per heavy atom. The molecule has 0 fully saturated rings. The summed E-state index contributed by atoms with van der Waals surface area (Å²) in [7, 11) is -4.12. The molecule has 0 saturated heterocycles. The van der Waals surface area contributed by atoms with E-state index in [1.165, 1.54) is 0 Å². The van der Waals surface area contributed by atoms with Gasteiger partial charge >= 0.3 is 44.9 Å². The predicted octanol–water partition coefficient (Wildman–Crippen LogP) is -3.06. The maximum atomic E-state index is 10.4. The third kappa shape index (κ3) is 5.63. The molecular weight excluding hydrogens is 181 g/mol. The molecule has 0 aliphatic heterocycles. The molecule has 0 aromatic carbocycles. The zero-order valence-corrected chi connectivity index (χ0v) is 9.35. The topological polar surface area (TPSA) is 86.5 Å². The summed E-state index contributed by atoms with van der Waals surface area (Å²) < 4.78 is 24.9. The first-order chi connectivity index (χ1) is 4.50. The Labute approximate surface area is 89.2 Å². The Balaban J connectivity index is -0.000000405. The predicted molar refractivity (Wildman–Crippen MR) is 35.9 cm³/mol. The number of carbonyl (C=O) groups excluding carboxylic acids is 1. The molecule has 62 valence electrons. The van der Waals surface area contributed by atoms with Crippen molar-refractivity contribution < 1.29 is 48.4 Å². The molecule has 5 nitrogen and oxygen atoms in total. The normalized spacial score (nSPS) is 10.3. The van der Waals surface area contributed by atoms with Gasteiger partial charge in [-0.3, -0.25) is 8.98 Å². The Kier molecular flexibility index (Phi) is 7.55. The van der Waals surface area contributed by atoms with Gasteiger partial charge in [-0.2, -0.15) is 8.42 Å². The fraction of sp³-hybridized carbons (Fsp3) is 0.750. The SMILES string of the molecule is CCCOS(=O)(=O)C(N)=O.[H-].[Na+]. The summed E-state index contributed by atoms with van der Waals surface area (Å²) in [6, 6.07) is 0. The van der Waals surface area contributed by atoms with Gasteiger partial charge in [0.15, 0.2) is 0 Å². The molecule has 0 heterocycles. The van der Waals surface area contributed by atoms with Crippen LogP contribution in [0.3, 0.4) is 0 Å². The molecular formula is C4H10NNaO4S. The summed E-state index contributed by atoms with van der Waals surface area (Å²) in [6.45, 7) is 1.71. The Morgan fingerprint density at radius 2 is 2.09 bits per heavy atom. The molecule has 0 aromatic rings. The Bertz CT molecular complexity index is 217. The fourth-order valence-electron chi connectivity index (χ4n) is 0.251. The molecule has 0 atom stereocenters. The average molecular weight is 191 g/mol. The van der Waals surface area contributed by atoms with Gasteiger partial charge in [0.05, 0.1) is 6.61 Å². The summed E-state index contributed by atoms with van der Waals surface area (Å²) in [5.41, 5.74) is 4.46. The van der Waals surface area contributed by atoms with Crippen LogP contribution in [0, 0.1) is 0 Å². The standard InChI is InChI=1S/C4H9NO4S.Na.H/c1-2-3-9-10(7,8)4(5)6;;/h2-3H2,1H3,(H2,5,6);;/q;+1;-1. The molecule has 2 N–H and O–H groups in total. The van der Waals surface area contributed by atoms with Gasteiger partial charge < -0.3 is 7.16 Å². The number of primary amides is 1. The van der Waals surface area contributed by atoms with Crippen molar-refractivity contribution in [2.75, 3.05) is 6.61 Å². The summed E-state index contributed by atoms with van der Waals surface area (Å²) in [4.78, 5) is 10.0.